The quantitative estimate of drug-likeness (QED) is 0.764. The Labute approximate surface area is 106 Å². The number of carbonyl (C=O) groups excluding carboxylic acids is 2. The average molecular weight is 253 g/mol. The Morgan fingerprint density at radius 3 is 2.56 bits per heavy atom. The van der Waals surface area contributed by atoms with Crippen molar-refractivity contribution in [3.8, 4) is 0 Å². The number of rotatable bonds is 5. The highest BCUT2D eigenvalue weighted by Crippen LogP contribution is 2.12. The van der Waals surface area contributed by atoms with Crippen LogP contribution in [-0.4, -0.2) is 35.3 Å². The van der Waals surface area contributed by atoms with Gasteiger partial charge in [-0.3, -0.25) is 14.3 Å². The van der Waals surface area contributed by atoms with Crippen LogP contribution in [0.2, 0.25) is 0 Å². The number of hydrogen-bond donors (Lipinski definition) is 1. The molecule has 0 aliphatic heterocycles. The summed E-state index contributed by atoms with van der Waals surface area (Å²) >= 11 is 0. The molecule has 1 heterocycles. The molecule has 0 aliphatic carbocycles. The zero-order chi connectivity index (χ0) is 13.7. The molecule has 0 atom stereocenters. The van der Waals surface area contributed by atoms with E-state index >= 15 is 0 Å². The Balaban J connectivity index is 2.47. The number of ether oxygens (including phenoxy) is 1. The van der Waals surface area contributed by atoms with Crippen LogP contribution in [0.4, 0.5) is 0 Å². The molecular weight excluding hydrogens is 234 g/mol. The van der Waals surface area contributed by atoms with Crippen LogP contribution in [0.15, 0.2) is 0 Å². The fourth-order valence-electron chi connectivity index (χ4n) is 1.70. The minimum atomic E-state index is -0.330. The van der Waals surface area contributed by atoms with Gasteiger partial charge in [-0.1, -0.05) is 0 Å². The number of amides is 1. The van der Waals surface area contributed by atoms with Gasteiger partial charge in [0.25, 0.3) is 0 Å². The number of nitrogens with one attached hydrogen (secondary N) is 1. The highest BCUT2D eigenvalue weighted by molar-refractivity contribution is 5.79. The Hall–Kier alpha value is -1.85. The maximum atomic E-state index is 11.7. The lowest BCUT2D eigenvalue weighted by molar-refractivity contribution is -0.140. The van der Waals surface area contributed by atoms with Crippen molar-refractivity contribution < 1.29 is 14.3 Å². The molecule has 18 heavy (non-hydrogen) atoms. The second-order valence-corrected chi connectivity index (χ2v) is 4.13. The van der Waals surface area contributed by atoms with Gasteiger partial charge in [-0.2, -0.15) is 5.10 Å². The first-order valence-corrected chi connectivity index (χ1v) is 5.78. The van der Waals surface area contributed by atoms with Crippen molar-refractivity contribution >= 4 is 11.9 Å². The zero-order valence-corrected chi connectivity index (χ0v) is 11.2. The molecule has 0 saturated heterocycles. The second-order valence-electron chi connectivity index (χ2n) is 4.13. The Morgan fingerprint density at radius 2 is 2.06 bits per heavy atom. The fraction of sp³-hybridized carbons (Fsp3) is 0.583. The van der Waals surface area contributed by atoms with E-state index in [1.807, 2.05) is 20.9 Å². The third-order valence-corrected chi connectivity index (χ3v) is 2.88. The van der Waals surface area contributed by atoms with E-state index in [0.29, 0.717) is 6.54 Å². The number of hydrogen-bond acceptors (Lipinski definition) is 4. The van der Waals surface area contributed by atoms with Gasteiger partial charge in [0.2, 0.25) is 5.91 Å². The van der Waals surface area contributed by atoms with Crippen LogP contribution in [0.1, 0.15) is 23.4 Å². The molecule has 1 aromatic rings. The summed E-state index contributed by atoms with van der Waals surface area (Å²) in [7, 11) is 3.17. The monoisotopic (exact) mass is 253 g/mol. The van der Waals surface area contributed by atoms with E-state index in [-0.39, 0.29) is 24.7 Å². The molecule has 0 spiro atoms. The molecular formula is C12H19N3O3. The molecule has 0 fully saturated rings. The summed E-state index contributed by atoms with van der Waals surface area (Å²) in [5.41, 5.74) is 2.78. The number of aryl methyl sites for hydroxylation is 2. The molecule has 0 unspecified atom stereocenters. The first-order valence-electron chi connectivity index (χ1n) is 5.78. The van der Waals surface area contributed by atoms with Crippen LogP contribution in [0.5, 0.6) is 0 Å². The number of aromatic nitrogens is 2. The minimum Gasteiger partial charge on any atom is -0.469 e. The lowest BCUT2D eigenvalue weighted by Crippen LogP contribution is -2.28. The second kappa shape index (κ2) is 6.18. The molecule has 0 bridgehead atoms. The molecule has 100 valence electrons. The molecule has 1 rings (SSSR count). The van der Waals surface area contributed by atoms with Crippen molar-refractivity contribution in [2.45, 2.75) is 26.7 Å². The average Bonchev–Trinajstić information content (AvgIpc) is 2.56. The molecule has 1 aromatic heterocycles. The molecule has 0 aliphatic rings. The van der Waals surface area contributed by atoms with Gasteiger partial charge in [0.1, 0.15) is 0 Å². The van der Waals surface area contributed by atoms with Crippen molar-refractivity contribution in [1.29, 1.82) is 0 Å². The smallest absolute Gasteiger partial charge is 0.307 e. The molecule has 6 nitrogen and oxygen atoms in total. The zero-order valence-electron chi connectivity index (χ0n) is 11.2. The van der Waals surface area contributed by atoms with Crippen LogP contribution in [-0.2, 0) is 27.8 Å². The van der Waals surface area contributed by atoms with Crippen LogP contribution in [0.25, 0.3) is 0 Å². The van der Waals surface area contributed by atoms with E-state index in [9.17, 15) is 9.59 Å². The summed E-state index contributed by atoms with van der Waals surface area (Å²) in [5, 5.41) is 6.93. The molecule has 1 N–H and O–H groups in total. The third-order valence-electron chi connectivity index (χ3n) is 2.88. The molecule has 6 heteroatoms. The number of nitrogens with zero attached hydrogens (tertiary/aromatic N) is 2. The fourth-order valence-corrected chi connectivity index (χ4v) is 1.70. The predicted octanol–water partition coefficient (Wildman–Crippen LogP) is 0.259. The van der Waals surface area contributed by atoms with E-state index < -0.39 is 0 Å². The molecule has 0 radical (unpaired) electrons. The minimum absolute atomic E-state index is 0.113. The van der Waals surface area contributed by atoms with E-state index in [2.05, 4.69) is 15.2 Å². The predicted molar refractivity (Wildman–Crippen MR) is 66.0 cm³/mol. The normalized spacial score (nSPS) is 10.2. The topological polar surface area (TPSA) is 73.2 Å². The van der Waals surface area contributed by atoms with Gasteiger partial charge in [0, 0.05) is 24.8 Å². The van der Waals surface area contributed by atoms with Gasteiger partial charge in [0.15, 0.2) is 0 Å². The highest BCUT2D eigenvalue weighted by atomic mass is 16.5. The number of carbonyl (C=O) groups is 2. The summed E-state index contributed by atoms with van der Waals surface area (Å²) in [6.45, 7) is 4.10. The number of methoxy groups -OCH3 is 1. The number of esters is 1. The third kappa shape index (κ3) is 3.58. The lowest BCUT2D eigenvalue weighted by Gasteiger charge is -2.05. The summed E-state index contributed by atoms with van der Waals surface area (Å²) in [4.78, 5) is 22.6. The van der Waals surface area contributed by atoms with Crippen molar-refractivity contribution in [2.75, 3.05) is 13.7 Å². The van der Waals surface area contributed by atoms with Gasteiger partial charge in [-0.25, -0.2) is 0 Å². The largest absolute Gasteiger partial charge is 0.469 e. The molecule has 1 amide bonds. The van der Waals surface area contributed by atoms with Crippen molar-refractivity contribution in [2.24, 2.45) is 7.05 Å². The SMILES string of the molecule is COC(=O)CCNC(=O)Cc1c(C)nn(C)c1C. The lowest BCUT2D eigenvalue weighted by atomic mass is 10.1. The Morgan fingerprint density at radius 1 is 1.39 bits per heavy atom. The summed E-state index contributed by atoms with van der Waals surface area (Å²) in [5.74, 6) is -0.442. The van der Waals surface area contributed by atoms with Crippen LogP contribution >= 0.6 is 0 Å². The van der Waals surface area contributed by atoms with Gasteiger partial charge in [-0.05, 0) is 13.8 Å². The van der Waals surface area contributed by atoms with Gasteiger partial charge < -0.3 is 10.1 Å². The Kier molecular flexibility index (Phi) is 4.88. The van der Waals surface area contributed by atoms with E-state index in [0.717, 1.165) is 17.0 Å². The van der Waals surface area contributed by atoms with Crippen LogP contribution in [0.3, 0.4) is 0 Å². The van der Waals surface area contributed by atoms with Crippen LogP contribution in [0, 0.1) is 13.8 Å². The molecule has 0 aromatic carbocycles. The van der Waals surface area contributed by atoms with Gasteiger partial charge in [0.05, 0.1) is 25.6 Å². The summed E-state index contributed by atoms with van der Waals surface area (Å²) < 4.78 is 6.24. The first-order chi connectivity index (χ1) is 8.45. The van der Waals surface area contributed by atoms with Crippen molar-refractivity contribution in [1.82, 2.24) is 15.1 Å². The van der Waals surface area contributed by atoms with E-state index in [4.69, 9.17) is 0 Å². The van der Waals surface area contributed by atoms with Crippen LogP contribution < -0.4 is 5.32 Å². The summed E-state index contributed by atoms with van der Waals surface area (Å²) in [6, 6.07) is 0. The van der Waals surface area contributed by atoms with Gasteiger partial charge >= 0.3 is 5.97 Å². The molecule has 0 saturated carbocycles. The van der Waals surface area contributed by atoms with E-state index in [1.54, 1.807) is 4.68 Å². The summed E-state index contributed by atoms with van der Waals surface area (Å²) in [6.07, 6.45) is 0.472. The van der Waals surface area contributed by atoms with Crippen molar-refractivity contribution in [3.63, 3.8) is 0 Å². The van der Waals surface area contributed by atoms with Gasteiger partial charge in [-0.15, -0.1) is 0 Å². The first kappa shape index (κ1) is 14.2. The van der Waals surface area contributed by atoms with Crippen molar-refractivity contribution in [3.05, 3.63) is 17.0 Å². The standard InChI is InChI=1S/C12H19N3O3/c1-8-10(9(2)15(3)14-8)7-11(16)13-6-5-12(17)18-4/h5-7H2,1-4H3,(H,13,16). The maximum absolute atomic E-state index is 11.7. The van der Waals surface area contributed by atoms with E-state index in [1.165, 1.54) is 7.11 Å². The Bertz CT molecular complexity index is 452. The maximum Gasteiger partial charge on any atom is 0.307 e. The highest BCUT2D eigenvalue weighted by Gasteiger charge is 2.13.